The van der Waals surface area contributed by atoms with Crippen molar-refractivity contribution in [2.24, 2.45) is 0 Å². The van der Waals surface area contributed by atoms with Gasteiger partial charge in [0.05, 0.1) is 0 Å². The summed E-state index contributed by atoms with van der Waals surface area (Å²) in [5.74, 6) is 3.03. The lowest BCUT2D eigenvalue weighted by Gasteiger charge is -2.14. The average molecular weight is 233 g/mol. The van der Waals surface area contributed by atoms with E-state index in [-0.39, 0.29) is 0 Å². The van der Waals surface area contributed by atoms with Crippen LogP contribution in [0.2, 0.25) is 0 Å². The fourth-order valence-electron chi connectivity index (χ4n) is 2.45. The van der Waals surface area contributed by atoms with Gasteiger partial charge in [-0.1, -0.05) is 26.7 Å². The van der Waals surface area contributed by atoms with E-state index in [2.05, 4.69) is 37.1 Å². The van der Waals surface area contributed by atoms with Crippen LogP contribution in [0.3, 0.4) is 0 Å². The number of hydrogen-bond donors (Lipinski definition) is 1. The van der Waals surface area contributed by atoms with Gasteiger partial charge in [-0.05, 0) is 19.8 Å². The van der Waals surface area contributed by atoms with E-state index in [4.69, 9.17) is 4.98 Å². The predicted octanol–water partition coefficient (Wildman–Crippen LogP) is 3.69. The highest BCUT2D eigenvalue weighted by Crippen LogP contribution is 2.34. The van der Waals surface area contributed by atoms with Crippen molar-refractivity contribution in [1.82, 2.24) is 9.97 Å². The summed E-state index contributed by atoms with van der Waals surface area (Å²) < 4.78 is 0. The fourth-order valence-corrected chi connectivity index (χ4v) is 2.45. The van der Waals surface area contributed by atoms with Crippen LogP contribution < -0.4 is 5.32 Å². The van der Waals surface area contributed by atoms with Gasteiger partial charge in [-0.2, -0.15) is 0 Å². The molecule has 1 fully saturated rings. The van der Waals surface area contributed by atoms with Gasteiger partial charge in [-0.3, -0.25) is 0 Å². The van der Waals surface area contributed by atoms with Crippen LogP contribution >= 0.6 is 0 Å². The van der Waals surface area contributed by atoms with Crippen molar-refractivity contribution in [3.8, 4) is 0 Å². The van der Waals surface area contributed by atoms with Crippen LogP contribution in [0.4, 0.5) is 5.82 Å². The Hall–Kier alpha value is -1.12. The SMILES string of the molecule is CCNc1cc(C2CCCC2)nc(C(C)C)n1. The number of hydrogen-bond acceptors (Lipinski definition) is 3. The molecule has 17 heavy (non-hydrogen) atoms. The first-order chi connectivity index (χ1) is 8.20. The number of aromatic nitrogens is 2. The number of rotatable bonds is 4. The summed E-state index contributed by atoms with van der Waals surface area (Å²) in [6.07, 6.45) is 5.28. The van der Waals surface area contributed by atoms with E-state index in [0.717, 1.165) is 18.2 Å². The van der Waals surface area contributed by atoms with Crippen molar-refractivity contribution < 1.29 is 0 Å². The molecule has 0 atom stereocenters. The summed E-state index contributed by atoms with van der Waals surface area (Å²) in [5.41, 5.74) is 1.25. The number of anilines is 1. The normalized spacial score (nSPS) is 16.7. The highest BCUT2D eigenvalue weighted by atomic mass is 15.0. The molecule has 1 aromatic rings. The topological polar surface area (TPSA) is 37.8 Å². The molecule has 0 radical (unpaired) electrons. The minimum atomic E-state index is 0.397. The Morgan fingerprint density at radius 3 is 2.59 bits per heavy atom. The van der Waals surface area contributed by atoms with Crippen LogP contribution in [0, 0.1) is 0 Å². The Morgan fingerprint density at radius 1 is 1.29 bits per heavy atom. The monoisotopic (exact) mass is 233 g/mol. The molecule has 1 N–H and O–H groups in total. The second kappa shape index (κ2) is 5.48. The van der Waals surface area contributed by atoms with Gasteiger partial charge < -0.3 is 5.32 Å². The van der Waals surface area contributed by atoms with Crippen LogP contribution in [0.25, 0.3) is 0 Å². The summed E-state index contributed by atoms with van der Waals surface area (Å²) >= 11 is 0. The van der Waals surface area contributed by atoms with E-state index in [1.807, 2.05) is 0 Å². The van der Waals surface area contributed by atoms with Crippen LogP contribution in [-0.4, -0.2) is 16.5 Å². The lowest BCUT2D eigenvalue weighted by atomic mass is 10.0. The van der Waals surface area contributed by atoms with Gasteiger partial charge in [0.15, 0.2) is 0 Å². The van der Waals surface area contributed by atoms with Gasteiger partial charge in [0.2, 0.25) is 0 Å². The Balaban J connectivity index is 2.29. The molecule has 1 saturated carbocycles. The third-order valence-corrected chi connectivity index (χ3v) is 3.41. The Labute approximate surface area is 104 Å². The lowest BCUT2D eigenvalue weighted by molar-refractivity contribution is 0.670. The molecule has 1 aliphatic rings. The van der Waals surface area contributed by atoms with Gasteiger partial charge in [0.25, 0.3) is 0 Å². The number of nitrogens with zero attached hydrogens (tertiary/aromatic N) is 2. The fraction of sp³-hybridized carbons (Fsp3) is 0.714. The van der Waals surface area contributed by atoms with E-state index in [1.54, 1.807) is 0 Å². The summed E-state index contributed by atoms with van der Waals surface area (Å²) in [4.78, 5) is 9.32. The quantitative estimate of drug-likeness (QED) is 0.862. The maximum Gasteiger partial charge on any atom is 0.133 e. The van der Waals surface area contributed by atoms with Crippen LogP contribution in [-0.2, 0) is 0 Å². The molecule has 1 aromatic heterocycles. The maximum absolute atomic E-state index is 4.75. The van der Waals surface area contributed by atoms with Crippen LogP contribution in [0.5, 0.6) is 0 Å². The molecule has 0 unspecified atom stereocenters. The van der Waals surface area contributed by atoms with Gasteiger partial charge >= 0.3 is 0 Å². The minimum Gasteiger partial charge on any atom is -0.370 e. The molecule has 0 aliphatic heterocycles. The highest BCUT2D eigenvalue weighted by Gasteiger charge is 2.20. The van der Waals surface area contributed by atoms with Crippen molar-refractivity contribution in [2.75, 3.05) is 11.9 Å². The molecule has 1 aliphatic carbocycles. The zero-order valence-corrected chi connectivity index (χ0v) is 11.2. The maximum atomic E-state index is 4.75. The molecule has 0 bridgehead atoms. The molecular formula is C14H23N3. The largest absolute Gasteiger partial charge is 0.370 e. The van der Waals surface area contributed by atoms with Crippen molar-refractivity contribution in [1.29, 1.82) is 0 Å². The summed E-state index contributed by atoms with van der Waals surface area (Å²) in [5, 5.41) is 3.32. The Kier molecular flexibility index (Phi) is 3.97. The molecular weight excluding hydrogens is 210 g/mol. The molecule has 0 amide bonds. The van der Waals surface area contributed by atoms with Crippen molar-refractivity contribution in [3.63, 3.8) is 0 Å². The van der Waals surface area contributed by atoms with Gasteiger partial charge in [-0.25, -0.2) is 9.97 Å². The van der Waals surface area contributed by atoms with Crippen molar-refractivity contribution in [3.05, 3.63) is 17.6 Å². The van der Waals surface area contributed by atoms with Crippen LogP contribution in [0.1, 0.15) is 69.8 Å². The standard InChI is InChI=1S/C14H23N3/c1-4-15-13-9-12(11-7-5-6-8-11)16-14(17-13)10(2)3/h9-11H,4-8H2,1-3H3,(H,15,16,17). The van der Waals surface area contributed by atoms with Crippen molar-refractivity contribution >= 4 is 5.82 Å². The zero-order valence-electron chi connectivity index (χ0n) is 11.2. The van der Waals surface area contributed by atoms with Gasteiger partial charge in [0.1, 0.15) is 11.6 Å². The molecule has 0 aromatic carbocycles. The summed E-state index contributed by atoms with van der Waals surface area (Å²) in [6, 6.07) is 2.14. The minimum absolute atomic E-state index is 0.397. The molecule has 0 spiro atoms. The third-order valence-electron chi connectivity index (χ3n) is 3.41. The van der Waals surface area contributed by atoms with E-state index in [0.29, 0.717) is 11.8 Å². The third kappa shape index (κ3) is 2.96. The molecule has 3 nitrogen and oxygen atoms in total. The predicted molar refractivity (Wildman–Crippen MR) is 71.5 cm³/mol. The smallest absolute Gasteiger partial charge is 0.133 e. The van der Waals surface area contributed by atoms with E-state index >= 15 is 0 Å². The number of nitrogens with one attached hydrogen (secondary N) is 1. The zero-order chi connectivity index (χ0) is 12.3. The summed E-state index contributed by atoms with van der Waals surface area (Å²) in [7, 11) is 0. The molecule has 1 heterocycles. The van der Waals surface area contributed by atoms with E-state index < -0.39 is 0 Å². The van der Waals surface area contributed by atoms with Crippen molar-refractivity contribution in [2.45, 2.75) is 58.3 Å². The first-order valence-corrected chi connectivity index (χ1v) is 6.83. The lowest BCUT2D eigenvalue weighted by Crippen LogP contribution is -2.08. The first-order valence-electron chi connectivity index (χ1n) is 6.83. The molecule has 94 valence electrons. The average Bonchev–Trinajstić information content (AvgIpc) is 2.82. The second-order valence-electron chi connectivity index (χ2n) is 5.20. The Morgan fingerprint density at radius 2 is 2.00 bits per heavy atom. The van der Waals surface area contributed by atoms with Gasteiger partial charge in [-0.15, -0.1) is 0 Å². The molecule has 2 rings (SSSR count). The highest BCUT2D eigenvalue weighted by molar-refractivity contribution is 5.37. The summed E-state index contributed by atoms with van der Waals surface area (Å²) in [6.45, 7) is 7.33. The van der Waals surface area contributed by atoms with Crippen LogP contribution in [0.15, 0.2) is 6.07 Å². The molecule has 3 heteroatoms. The molecule has 0 saturated heterocycles. The second-order valence-corrected chi connectivity index (χ2v) is 5.20. The first kappa shape index (κ1) is 12.3. The van der Waals surface area contributed by atoms with E-state index in [1.165, 1.54) is 31.4 Å². The van der Waals surface area contributed by atoms with Gasteiger partial charge in [0, 0.05) is 30.1 Å². The van der Waals surface area contributed by atoms with E-state index in [9.17, 15) is 0 Å². The Bertz CT molecular complexity index is 368.